The second kappa shape index (κ2) is 5.75. The summed E-state index contributed by atoms with van der Waals surface area (Å²) in [7, 11) is 0. The third-order valence-corrected chi connectivity index (χ3v) is 4.66. The van der Waals surface area contributed by atoms with Crippen LogP contribution in [-0.2, 0) is 30.4 Å². The second-order valence-corrected chi connectivity index (χ2v) is 6.20. The number of aromatic nitrogens is 2. The van der Waals surface area contributed by atoms with Gasteiger partial charge in [0.2, 0.25) is 5.91 Å². The van der Waals surface area contributed by atoms with Gasteiger partial charge in [-0.25, -0.2) is 0 Å². The molecule has 3 heterocycles. The van der Waals surface area contributed by atoms with Crippen LogP contribution in [0.1, 0.15) is 28.2 Å². The number of rotatable bonds is 3. The van der Waals surface area contributed by atoms with Gasteiger partial charge in [0.15, 0.2) is 5.69 Å². The Hall–Kier alpha value is -1.83. The fourth-order valence-electron chi connectivity index (χ4n) is 2.59. The molecule has 0 bridgehead atoms. The number of fused-ring (bicyclic) bond motifs is 1. The zero-order valence-corrected chi connectivity index (χ0v) is 12.4. The predicted molar refractivity (Wildman–Crippen MR) is 75.4 cm³/mol. The number of carbonyl (C=O) groups excluding carboxylic acids is 1. The lowest BCUT2D eigenvalue weighted by Crippen LogP contribution is -2.36. The average Bonchev–Trinajstić information content (AvgIpc) is 3.12. The summed E-state index contributed by atoms with van der Waals surface area (Å²) in [6, 6.07) is 3.86. The standard InChI is InChI=1S/C14H14F3N3OS/c15-14(16,17)13-10-8-20(6-5-11(10)18-19-13)12(21)4-3-9-2-1-7-22-9/h1-2,7H,3-6,8H2,(H,18,19). The summed E-state index contributed by atoms with van der Waals surface area (Å²) in [6.07, 6.45) is -3.18. The molecule has 1 amide bonds. The number of aryl methyl sites for hydroxylation is 1. The number of H-pyrrole nitrogens is 1. The summed E-state index contributed by atoms with van der Waals surface area (Å²) in [4.78, 5) is 14.8. The minimum Gasteiger partial charge on any atom is -0.338 e. The SMILES string of the molecule is O=C(CCc1cccs1)N1CCc2[nH]nc(C(F)(F)F)c2C1. The van der Waals surface area contributed by atoms with Gasteiger partial charge in [0.05, 0.1) is 0 Å². The summed E-state index contributed by atoms with van der Waals surface area (Å²) in [5.41, 5.74) is -0.323. The molecule has 3 rings (SSSR count). The van der Waals surface area contributed by atoms with Gasteiger partial charge in [0.1, 0.15) is 0 Å². The largest absolute Gasteiger partial charge is 0.435 e. The minimum absolute atomic E-state index is 0.0239. The maximum atomic E-state index is 12.9. The number of thiophene rings is 1. The Morgan fingerprint density at radius 2 is 2.27 bits per heavy atom. The highest BCUT2D eigenvalue weighted by atomic mass is 32.1. The Balaban J connectivity index is 1.68. The molecule has 0 fully saturated rings. The van der Waals surface area contributed by atoms with Crippen molar-refractivity contribution in [2.45, 2.75) is 32.0 Å². The Kier molecular flexibility index (Phi) is 3.94. The predicted octanol–water partition coefficient (Wildman–Crippen LogP) is 3.01. The normalized spacial score (nSPS) is 15.0. The van der Waals surface area contributed by atoms with E-state index >= 15 is 0 Å². The molecule has 118 valence electrons. The topological polar surface area (TPSA) is 49.0 Å². The molecule has 1 aliphatic heterocycles. The van der Waals surface area contributed by atoms with E-state index in [2.05, 4.69) is 10.2 Å². The number of aromatic amines is 1. The summed E-state index contributed by atoms with van der Waals surface area (Å²) >= 11 is 1.57. The van der Waals surface area contributed by atoms with Crippen molar-refractivity contribution in [3.8, 4) is 0 Å². The summed E-state index contributed by atoms with van der Waals surface area (Å²) in [5.74, 6) is -0.117. The lowest BCUT2D eigenvalue weighted by atomic mass is 10.0. The molecule has 8 heteroatoms. The highest BCUT2D eigenvalue weighted by molar-refractivity contribution is 7.09. The number of carbonyl (C=O) groups is 1. The molecule has 2 aromatic heterocycles. The quantitative estimate of drug-likeness (QED) is 0.941. The van der Waals surface area contributed by atoms with E-state index in [9.17, 15) is 18.0 Å². The molecule has 2 aromatic rings. The zero-order valence-electron chi connectivity index (χ0n) is 11.6. The van der Waals surface area contributed by atoms with E-state index in [1.807, 2.05) is 17.5 Å². The van der Waals surface area contributed by atoms with Crippen molar-refractivity contribution in [2.24, 2.45) is 0 Å². The highest BCUT2D eigenvalue weighted by Gasteiger charge is 2.39. The van der Waals surface area contributed by atoms with Gasteiger partial charge in [-0.05, 0) is 17.9 Å². The lowest BCUT2D eigenvalue weighted by Gasteiger charge is -2.27. The molecule has 1 N–H and O–H groups in total. The summed E-state index contributed by atoms with van der Waals surface area (Å²) in [6.45, 7) is 0.402. The highest BCUT2D eigenvalue weighted by Crippen LogP contribution is 2.34. The molecule has 0 radical (unpaired) electrons. The van der Waals surface area contributed by atoms with E-state index < -0.39 is 11.9 Å². The van der Waals surface area contributed by atoms with E-state index in [-0.39, 0.29) is 18.0 Å². The van der Waals surface area contributed by atoms with Gasteiger partial charge >= 0.3 is 6.18 Å². The Bertz CT molecular complexity index is 663. The van der Waals surface area contributed by atoms with Crippen LogP contribution in [0.4, 0.5) is 13.2 Å². The molecule has 4 nitrogen and oxygen atoms in total. The van der Waals surface area contributed by atoms with Crippen molar-refractivity contribution < 1.29 is 18.0 Å². The van der Waals surface area contributed by atoms with Crippen LogP contribution in [0.15, 0.2) is 17.5 Å². The van der Waals surface area contributed by atoms with Crippen molar-refractivity contribution in [1.29, 1.82) is 0 Å². The van der Waals surface area contributed by atoms with Crippen molar-refractivity contribution in [3.05, 3.63) is 39.3 Å². The van der Waals surface area contributed by atoms with E-state index in [0.717, 1.165) is 4.88 Å². The Morgan fingerprint density at radius 1 is 1.45 bits per heavy atom. The maximum Gasteiger partial charge on any atom is 0.435 e. The fourth-order valence-corrected chi connectivity index (χ4v) is 3.29. The van der Waals surface area contributed by atoms with Crippen LogP contribution in [0.3, 0.4) is 0 Å². The van der Waals surface area contributed by atoms with Crippen molar-refractivity contribution in [1.82, 2.24) is 15.1 Å². The number of hydrogen-bond acceptors (Lipinski definition) is 3. The number of amides is 1. The first-order chi connectivity index (χ1) is 10.4. The first-order valence-corrected chi connectivity index (χ1v) is 7.76. The smallest absolute Gasteiger partial charge is 0.338 e. The monoisotopic (exact) mass is 329 g/mol. The van der Waals surface area contributed by atoms with Crippen molar-refractivity contribution in [3.63, 3.8) is 0 Å². The van der Waals surface area contributed by atoms with Gasteiger partial charge in [-0.1, -0.05) is 6.07 Å². The molecule has 0 saturated carbocycles. The van der Waals surface area contributed by atoms with Crippen molar-refractivity contribution in [2.75, 3.05) is 6.54 Å². The number of halogens is 3. The van der Waals surface area contributed by atoms with Gasteiger partial charge in [-0.3, -0.25) is 9.89 Å². The molecule has 0 spiro atoms. The molecular weight excluding hydrogens is 315 g/mol. The van der Waals surface area contributed by atoms with E-state index in [1.54, 1.807) is 11.3 Å². The first-order valence-electron chi connectivity index (χ1n) is 6.88. The lowest BCUT2D eigenvalue weighted by molar-refractivity contribution is -0.143. The minimum atomic E-state index is -4.49. The van der Waals surface area contributed by atoms with E-state index in [0.29, 0.717) is 31.5 Å². The number of alkyl halides is 3. The molecule has 0 aromatic carbocycles. The molecule has 0 aliphatic carbocycles. The molecule has 1 aliphatic rings. The van der Waals surface area contributed by atoms with Crippen LogP contribution in [0, 0.1) is 0 Å². The zero-order chi connectivity index (χ0) is 15.7. The van der Waals surface area contributed by atoms with Gasteiger partial charge in [0, 0.05) is 42.1 Å². The van der Waals surface area contributed by atoms with Crippen LogP contribution >= 0.6 is 11.3 Å². The third kappa shape index (κ3) is 3.01. The van der Waals surface area contributed by atoms with Crippen LogP contribution in [0.25, 0.3) is 0 Å². The first kappa shape index (κ1) is 15.1. The molecule has 22 heavy (non-hydrogen) atoms. The number of nitrogens with zero attached hydrogens (tertiary/aromatic N) is 2. The summed E-state index contributed by atoms with van der Waals surface area (Å²) in [5, 5.41) is 7.74. The second-order valence-electron chi connectivity index (χ2n) is 5.17. The van der Waals surface area contributed by atoms with Crippen LogP contribution in [0.2, 0.25) is 0 Å². The Morgan fingerprint density at radius 3 is 2.95 bits per heavy atom. The van der Waals surface area contributed by atoms with E-state index in [1.165, 1.54) is 4.90 Å². The van der Waals surface area contributed by atoms with Crippen LogP contribution < -0.4 is 0 Å². The van der Waals surface area contributed by atoms with Gasteiger partial charge in [-0.2, -0.15) is 18.3 Å². The van der Waals surface area contributed by atoms with Crippen molar-refractivity contribution >= 4 is 17.2 Å². The molecule has 0 unspecified atom stereocenters. The maximum absolute atomic E-state index is 12.9. The van der Waals surface area contributed by atoms with Gasteiger partial charge < -0.3 is 4.90 Å². The van der Waals surface area contributed by atoms with Gasteiger partial charge in [0.25, 0.3) is 0 Å². The molecule has 0 atom stereocenters. The third-order valence-electron chi connectivity index (χ3n) is 3.72. The summed E-state index contributed by atoms with van der Waals surface area (Å²) < 4.78 is 38.7. The number of nitrogens with one attached hydrogen (secondary N) is 1. The average molecular weight is 329 g/mol. The van der Waals surface area contributed by atoms with Gasteiger partial charge in [-0.15, -0.1) is 11.3 Å². The fraction of sp³-hybridized carbons (Fsp3) is 0.429. The molecular formula is C14H14F3N3OS. The van der Waals surface area contributed by atoms with Crippen LogP contribution in [-0.4, -0.2) is 27.5 Å². The van der Waals surface area contributed by atoms with E-state index in [4.69, 9.17) is 0 Å². The van der Waals surface area contributed by atoms with Crippen LogP contribution in [0.5, 0.6) is 0 Å². The number of hydrogen-bond donors (Lipinski definition) is 1. The molecule has 0 saturated heterocycles. The Labute approximate surface area is 128 Å².